The van der Waals surface area contributed by atoms with Crippen molar-refractivity contribution >= 4 is 17.6 Å². The molecular weight excluding hydrogens is 515 g/mol. The summed E-state index contributed by atoms with van der Waals surface area (Å²) in [5, 5.41) is 14.5. The summed E-state index contributed by atoms with van der Waals surface area (Å²) in [5.41, 5.74) is 0.940. The SMILES string of the molecule is CCOP(=O)(CN[C@@H](Cc1ccccc1)[C@H](O)CN(CC(C)C)S(=O)(=O)c1ccc(OC)cc1)OCC. The van der Waals surface area contributed by atoms with Crippen molar-refractivity contribution in [2.24, 2.45) is 5.92 Å². The topological polar surface area (TPSA) is 114 Å². The summed E-state index contributed by atoms with van der Waals surface area (Å²) < 4.78 is 57.4. The zero-order chi connectivity index (χ0) is 27.5. The molecule has 0 aliphatic heterocycles. The molecule has 2 rings (SSSR count). The Balaban J connectivity index is 2.32. The summed E-state index contributed by atoms with van der Waals surface area (Å²) in [7, 11) is -5.81. The van der Waals surface area contributed by atoms with E-state index < -0.39 is 29.8 Å². The molecule has 0 amide bonds. The quantitative estimate of drug-likeness (QED) is 0.280. The highest BCUT2D eigenvalue weighted by Gasteiger charge is 2.32. The van der Waals surface area contributed by atoms with E-state index in [-0.39, 0.29) is 43.4 Å². The van der Waals surface area contributed by atoms with Crippen LogP contribution in [0.4, 0.5) is 0 Å². The van der Waals surface area contributed by atoms with E-state index in [1.54, 1.807) is 26.0 Å². The summed E-state index contributed by atoms with van der Waals surface area (Å²) in [6, 6.07) is 15.1. The monoisotopic (exact) mass is 556 g/mol. The Hall–Kier alpha value is -1.78. The fourth-order valence-corrected chi connectivity index (χ4v) is 7.00. The Labute approximate surface area is 221 Å². The Morgan fingerprint density at radius 3 is 2.08 bits per heavy atom. The lowest BCUT2D eigenvalue weighted by Crippen LogP contribution is -2.49. The average molecular weight is 557 g/mol. The van der Waals surface area contributed by atoms with Crippen molar-refractivity contribution in [1.29, 1.82) is 0 Å². The third-order valence-corrected chi connectivity index (χ3v) is 9.34. The summed E-state index contributed by atoms with van der Waals surface area (Å²) in [4.78, 5) is 0.117. The third-order valence-electron chi connectivity index (χ3n) is 5.62. The number of aliphatic hydroxyl groups is 1. The van der Waals surface area contributed by atoms with Gasteiger partial charge in [0, 0.05) is 19.1 Å². The van der Waals surface area contributed by atoms with Crippen molar-refractivity contribution in [2.75, 3.05) is 39.7 Å². The van der Waals surface area contributed by atoms with Crippen molar-refractivity contribution in [3.63, 3.8) is 0 Å². The molecule has 0 saturated heterocycles. The second kappa shape index (κ2) is 15.0. The van der Waals surface area contributed by atoms with Crippen LogP contribution in [0.25, 0.3) is 0 Å². The second-order valence-electron chi connectivity index (χ2n) is 9.06. The number of hydrogen-bond acceptors (Lipinski definition) is 8. The van der Waals surface area contributed by atoms with Crippen LogP contribution in [0.3, 0.4) is 0 Å². The van der Waals surface area contributed by atoms with Gasteiger partial charge in [-0.05, 0) is 56.0 Å². The summed E-state index contributed by atoms with van der Waals surface area (Å²) in [6.07, 6.45) is -0.833. The van der Waals surface area contributed by atoms with E-state index in [2.05, 4.69) is 5.32 Å². The number of rotatable bonds is 17. The number of benzene rings is 2. The molecule has 208 valence electrons. The minimum Gasteiger partial charge on any atom is -0.497 e. The van der Waals surface area contributed by atoms with Crippen molar-refractivity contribution in [3.05, 3.63) is 60.2 Å². The van der Waals surface area contributed by atoms with Crippen LogP contribution < -0.4 is 10.1 Å². The van der Waals surface area contributed by atoms with Gasteiger partial charge >= 0.3 is 7.60 Å². The van der Waals surface area contributed by atoms with Crippen molar-refractivity contribution < 1.29 is 31.9 Å². The molecule has 0 saturated carbocycles. The second-order valence-corrected chi connectivity index (χ2v) is 13.1. The van der Waals surface area contributed by atoms with Gasteiger partial charge in [-0.25, -0.2) is 8.42 Å². The maximum absolute atomic E-state index is 13.5. The van der Waals surface area contributed by atoms with E-state index in [4.69, 9.17) is 13.8 Å². The zero-order valence-corrected chi connectivity index (χ0v) is 24.1. The van der Waals surface area contributed by atoms with Crippen molar-refractivity contribution in [1.82, 2.24) is 9.62 Å². The number of hydrogen-bond donors (Lipinski definition) is 2. The maximum Gasteiger partial charge on any atom is 0.344 e. The van der Waals surface area contributed by atoms with Crippen LogP contribution in [0.5, 0.6) is 5.75 Å². The average Bonchev–Trinajstić information content (AvgIpc) is 2.86. The molecule has 2 aromatic carbocycles. The van der Waals surface area contributed by atoms with Crippen LogP contribution in [0.15, 0.2) is 59.5 Å². The number of sulfonamides is 1. The third kappa shape index (κ3) is 9.80. The molecule has 2 aromatic rings. The van der Waals surface area contributed by atoms with Gasteiger partial charge in [0.05, 0.1) is 37.6 Å². The van der Waals surface area contributed by atoms with Gasteiger partial charge in [-0.1, -0.05) is 44.2 Å². The molecule has 11 heteroatoms. The van der Waals surface area contributed by atoms with Crippen molar-refractivity contribution in [2.45, 2.75) is 51.2 Å². The van der Waals surface area contributed by atoms with Crippen LogP contribution in [-0.2, 0) is 30.1 Å². The van der Waals surface area contributed by atoms with Gasteiger partial charge in [-0.3, -0.25) is 4.57 Å². The highest BCUT2D eigenvalue weighted by Crippen LogP contribution is 2.46. The lowest BCUT2D eigenvalue weighted by atomic mass is 10.0. The number of ether oxygens (including phenoxy) is 1. The lowest BCUT2D eigenvalue weighted by Gasteiger charge is -2.31. The first-order valence-electron chi connectivity index (χ1n) is 12.5. The van der Waals surface area contributed by atoms with Crippen LogP contribution in [0.2, 0.25) is 0 Å². The highest BCUT2D eigenvalue weighted by molar-refractivity contribution is 7.89. The Morgan fingerprint density at radius 1 is 0.973 bits per heavy atom. The lowest BCUT2D eigenvalue weighted by molar-refractivity contribution is 0.102. The predicted octanol–water partition coefficient (Wildman–Crippen LogP) is 4.13. The summed E-state index contributed by atoms with van der Waals surface area (Å²) in [5.74, 6) is 0.575. The number of nitrogens with one attached hydrogen (secondary N) is 1. The van der Waals surface area contributed by atoms with E-state index in [0.29, 0.717) is 12.2 Å². The molecule has 0 aromatic heterocycles. The molecule has 9 nitrogen and oxygen atoms in total. The summed E-state index contributed by atoms with van der Waals surface area (Å²) >= 11 is 0. The molecule has 0 aliphatic rings. The van der Waals surface area contributed by atoms with Crippen molar-refractivity contribution in [3.8, 4) is 5.75 Å². The molecule has 0 fully saturated rings. The Kier molecular flexibility index (Phi) is 12.7. The molecule has 37 heavy (non-hydrogen) atoms. The van der Waals surface area contributed by atoms with E-state index in [1.807, 2.05) is 44.2 Å². The zero-order valence-electron chi connectivity index (χ0n) is 22.4. The normalized spacial score (nSPS) is 14.2. The van der Waals surface area contributed by atoms with E-state index in [1.165, 1.54) is 23.5 Å². The van der Waals surface area contributed by atoms with Gasteiger partial charge in [-0.2, -0.15) is 4.31 Å². The molecule has 0 radical (unpaired) electrons. The fraction of sp³-hybridized carbons (Fsp3) is 0.538. The predicted molar refractivity (Wildman–Crippen MR) is 145 cm³/mol. The first kappa shape index (κ1) is 31.4. The smallest absolute Gasteiger partial charge is 0.344 e. The van der Waals surface area contributed by atoms with E-state index in [9.17, 15) is 18.1 Å². The van der Waals surface area contributed by atoms with Crippen LogP contribution >= 0.6 is 7.60 Å². The molecule has 0 aliphatic carbocycles. The van der Waals surface area contributed by atoms with E-state index in [0.717, 1.165) is 5.56 Å². The standard InChI is InChI=1S/C26H41N2O7PS/c1-6-34-36(30,35-7-2)20-27-25(17-22-11-9-8-10-12-22)26(29)19-28(18-21(3)4)37(31,32)24-15-13-23(33-5)14-16-24/h8-16,21,25-27,29H,6-7,17-20H2,1-5H3/t25-,26+/m0/s1. The Morgan fingerprint density at radius 2 is 1.57 bits per heavy atom. The number of nitrogens with zero attached hydrogens (tertiary/aromatic N) is 1. The van der Waals surface area contributed by atoms with Gasteiger partial charge in [0.1, 0.15) is 5.75 Å². The van der Waals surface area contributed by atoms with Gasteiger partial charge in [0.2, 0.25) is 10.0 Å². The van der Waals surface area contributed by atoms with Gasteiger partial charge in [-0.15, -0.1) is 0 Å². The first-order valence-corrected chi connectivity index (χ1v) is 15.7. The number of methoxy groups -OCH3 is 1. The summed E-state index contributed by atoms with van der Waals surface area (Å²) in [6.45, 7) is 7.81. The largest absolute Gasteiger partial charge is 0.497 e. The molecule has 0 bridgehead atoms. The molecule has 0 heterocycles. The van der Waals surface area contributed by atoms with Crippen LogP contribution in [-0.4, -0.2) is 69.7 Å². The molecule has 0 spiro atoms. The molecule has 2 atom stereocenters. The fourth-order valence-electron chi connectivity index (χ4n) is 3.87. The first-order chi connectivity index (χ1) is 17.5. The van der Waals surface area contributed by atoms with Crippen LogP contribution in [0.1, 0.15) is 33.3 Å². The minimum atomic E-state index is -3.90. The van der Waals surface area contributed by atoms with Crippen LogP contribution in [0, 0.1) is 5.92 Å². The van der Waals surface area contributed by atoms with E-state index >= 15 is 0 Å². The maximum atomic E-state index is 13.5. The minimum absolute atomic E-state index is 0.0249. The molecule has 2 N–H and O–H groups in total. The highest BCUT2D eigenvalue weighted by atomic mass is 32.2. The number of aliphatic hydroxyl groups excluding tert-OH is 1. The van der Waals surface area contributed by atoms with Gasteiger partial charge < -0.3 is 24.2 Å². The Bertz CT molecular complexity index is 1070. The van der Waals surface area contributed by atoms with Gasteiger partial charge in [0.25, 0.3) is 0 Å². The van der Waals surface area contributed by atoms with Gasteiger partial charge in [0.15, 0.2) is 0 Å². The molecular formula is C26H41N2O7PS. The molecule has 0 unspecified atom stereocenters.